The van der Waals surface area contributed by atoms with E-state index < -0.39 is 34.9 Å². The van der Waals surface area contributed by atoms with Gasteiger partial charge in [-0.05, 0) is 119 Å². The number of rotatable bonds is 0. The third-order valence-corrected chi connectivity index (χ3v) is 8.84. The first-order valence-corrected chi connectivity index (χ1v) is 17.5. The lowest BCUT2D eigenvalue weighted by Gasteiger charge is -2.21. The summed E-state index contributed by atoms with van der Waals surface area (Å²) < 4.78 is 92.8. The molecule has 0 heterocycles. The monoisotopic (exact) mass is 748 g/mol. The fraction of sp³-hybridized carbons (Fsp3) is 0.478. The second-order valence-corrected chi connectivity index (χ2v) is 17.6. The van der Waals surface area contributed by atoms with Crippen LogP contribution in [0.4, 0.5) is 30.7 Å². The van der Waals surface area contributed by atoms with Crippen LogP contribution in [0.2, 0.25) is 0 Å². The molecule has 4 rings (SSSR count). The predicted molar refractivity (Wildman–Crippen MR) is 211 cm³/mol. The van der Waals surface area contributed by atoms with Gasteiger partial charge < -0.3 is 0 Å². The van der Waals surface area contributed by atoms with Gasteiger partial charge in [-0.2, -0.15) is 0 Å². The van der Waals surface area contributed by atoms with Crippen LogP contribution in [0, 0.1) is 75.3 Å². The van der Waals surface area contributed by atoms with Gasteiger partial charge in [0.05, 0.1) is 0 Å². The lowest BCUT2D eigenvalue weighted by atomic mass is 9.85. The molecule has 296 valence electrons. The maximum absolute atomic E-state index is 13.8. The van der Waals surface area contributed by atoms with Gasteiger partial charge in [-0.25, -0.2) is 30.7 Å². The summed E-state index contributed by atoms with van der Waals surface area (Å²) in [6, 6.07) is 12.7. The molecule has 7 heteroatoms. The molecule has 0 aliphatic carbocycles. The smallest absolute Gasteiger partial charge is 0.162 e. The van der Waals surface area contributed by atoms with Crippen molar-refractivity contribution in [2.24, 2.45) is 0 Å². The fourth-order valence-corrected chi connectivity index (χ4v) is 4.74. The van der Waals surface area contributed by atoms with E-state index in [9.17, 15) is 30.7 Å². The minimum Gasteiger partial charge on any atom is -0.207 e. The quantitative estimate of drug-likeness (QED) is 0.157. The Hall–Kier alpha value is -3.61. The van der Waals surface area contributed by atoms with Crippen molar-refractivity contribution < 1.29 is 30.7 Å². The van der Waals surface area contributed by atoms with Crippen LogP contribution in [-0.2, 0) is 21.7 Å². The lowest BCUT2D eigenvalue weighted by Crippen LogP contribution is -2.14. The van der Waals surface area contributed by atoms with E-state index in [0.717, 1.165) is 16.7 Å². The minimum absolute atomic E-state index is 0. The van der Waals surface area contributed by atoms with E-state index in [-0.39, 0.29) is 46.0 Å². The molecule has 4 aromatic carbocycles. The van der Waals surface area contributed by atoms with Crippen LogP contribution < -0.4 is 0 Å². The van der Waals surface area contributed by atoms with Crippen molar-refractivity contribution in [3.8, 4) is 0 Å². The Kier molecular flexibility index (Phi) is 17.4. The van der Waals surface area contributed by atoms with Gasteiger partial charge in [-0.3, -0.25) is 0 Å². The van der Waals surface area contributed by atoms with E-state index >= 15 is 0 Å². The van der Waals surface area contributed by atoms with Crippen molar-refractivity contribution in [3.63, 3.8) is 0 Å². The Balaban J connectivity index is 0.000000676. The average molecular weight is 749 g/mol. The number of benzene rings is 4. The van der Waals surface area contributed by atoms with Crippen molar-refractivity contribution in [1.29, 1.82) is 0 Å². The van der Waals surface area contributed by atoms with Gasteiger partial charge in [-0.15, -0.1) is 0 Å². The Bertz CT molecular complexity index is 1640. The maximum atomic E-state index is 13.8. The molecule has 0 nitrogen and oxygen atoms in total. The van der Waals surface area contributed by atoms with Gasteiger partial charge in [0, 0.05) is 11.1 Å². The molecule has 0 amide bonds. The molecule has 0 spiro atoms. The number of aryl methyl sites for hydroxylation is 2. The van der Waals surface area contributed by atoms with Crippen molar-refractivity contribution in [2.45, 2.75) is 147 Å². The molecule has 53 heavy (non-hydrogen) atoms. The van der Waals surface area contributed by atoms with Gasteiger partial charge in [0.15, 0.2) is 11.6 Å². The normalized spacial score (nSPS) is 11.6. The first-order valence-electron chi connectivity index (χ1n) is 17.5. The highest BCUT2D eigenvalue weighted by Crippen LogP contribution is 2.30. The van der Waals surface area contributed by atoms with Gasteiger partial charge in [-0.1, -0.05) is 115 Å². The summed E-state index contributed by atoms with van der Waals surface area (Å²) in [7, 11) is 0. The van der Waals surface area contributed by atoms with Crippen LogP contribution in [-0.4, -0.2) is 0 Å². The summed E-state index contributed by atoms with van der Waals surface area (Å²) in [6.07, 6.45) is 0. The first-order chi connectivity index (χ1) is 23.3. The summed E-state index contributed by atoms with van der Waals surface area (Å²) in [5, 5.41) is 0. The zero-order valence-electron chi connectivity index (χ0n) is 34.3. The Morgan fingerprint density at radius 1 is 0.340 bits per heavy atom. The van der Waals surface area contributed by atoms with E-state index in [2.05, 4.69) is 0 Å². The Labute approximate surface area is 316 Å². The van der Waals surface area contributed by atoms with Crippen LogP contribution in [0.3, 0.4) is 0 Å². The van der Waals surface area contributed by atoms with Crippen LogP contribution in [0.25, 0.3) is 0 Å². The summed E-state index contributed by atoms with van der Waals surface area (Å²) in [6.45, 7) is 31.4. The predicted octanol–water partition coefficient (Wildman–Crippen LogP) is 15.1. The summed E-state index contributed by atoms with van der Waals surface area (Å²) in [5.41, 5.74) is 4.04. The Morgan fingerprint density at radius 2 is 0.623 bits per heavy atom. The third-order valence-electron chi connectivity index (χ3n) is 8.84. The van der Waals surface area contributed by atoms with E-state index in [1.165, 1.54) is 38.1 Å². The van der Waals surface area contributed by atoms with Crippen LogP contribution in [0.1, 0.15) is 141 Å². The van der Waals surface area contributed by atoms with E-state index in [0.29, 0.717) is 22.3 Å². The fourth-order valence-electron chi connectivity index (χ4n) is 4.74. The molecule has 0 aromatic heterocycles. The maximum Gasteiger partial charge on any atom is 0.162 e. The standard InChI is InChI=1S/C12H17F.3C11H14F2.CH4/c1-8-6-7-10(12(3,4)5)11(13)9(8)2;2*1-7-9(12)5-8(6-10(7)13)11(2,3)4;1-7-5-6-8(11(2,3)4)10(13)9(7)12;/h6-7H,1-5H3;3*5-6H,1-4H3;1H4. The molecule has 0 saturated heterocycles. The van der Waals surface area contributed by atoms with Crippen molar-refractivity contribution in [3.05, 3.63) is 139 Å². The molecule has 0 radical (unpaired) electrons. The van der Waals surface area contributed by atoms with Gasteiger partial charge in [0.1, 0.15) is 29.1 Å². The molecule has 0 aliphatic rings. The zero-order valence-corrected chi connectivity index (χ0v) is 34.3. The molecule has 0 unspecified atom stereocenters. The van der Waals surface area contributed by atoms with Crippen molar-refractivity contribution >= 4 is 0 Å². The van der Waals surface area contributed by atoms with E-state index in [1.807, 2.05) is 109 Å². The molecule has 0 saturated carbocycles. The number of hydrogen-bond donors (Lipinski definition) is 0. The highest BCUT2D eigenvalue weighted by atomic mass is 19.2. The SMILES string of the molecule is C.Cc1c(F)cc(C(C)(C)C)cc1F.Cc1c(F)cc(C(C)(C)C)cc1F.Cc1ccc(C(C)(C)C)c(F)c1C.Cc1ccc(C(C)(C)C)c(F)c1F. The van der Waals surface area contributed by atoms with E-state index in [4.69, 9.17) is 0 Å². The second kappa shape index (κ2) is 18.6. The molecule has 0 N–H and O–H groups in total. The van der Waals surface area contributed by atoms with Crippen molar-refractivity contribution in [2.75, 3.05) is 0 Å². The summed E-state index contributed by atoms with van der Waals surface area (Å²) in [5.74, 6) is -3.36. The van der Waals surface area contributed by atoms with E-state index in [1.54, 1.807) is 19.1 Å². The zero-order chi connectivity index (χ0) is 40.9. The minimum atomic E-state index is -0.729. The van der Waals surface area contributed by atoms with Crippen molar-refractivity contribution in [1.82, 2.24) is 0 Å². The third kappa shape index (κ3) is 14.0. The highest BCUT2D eigenvalue weighted by molar-refractivity contribution is 5.36. The topological polar surface area (TPSA) is 0 Å². The van der Waals surface area contributed by atoms with Gasteiger partial charge in [0.2, 0.25) is 0 Å². The molecular formula is C46H63F7. The number of hydrogen-bond acceptors (Lipinski definition) is 0. The number of halogens is 7. The molecule has 0 bridgehead atoms. The van der Waals surface area contributed by atoms with Gasteiger partial charge in [0.25, 0.3) is 0 Å². The van der Waals surface area contributed by atoms with Crippen LogP contribution >= 0.6 is 0 Å². The second-order valence-electron chi connectivity index (χ2n) is 17.6. The highest BCUT2D eigenvalue weighted by Gasteiger charge is 2.22. The van der Waals surface area contributed by atoms with Gasteiger partial charge >= 0.3 is 0 Å². The average Bonchev–Trinajstić information content (AvgIpc) is 2.98. The molecule has 0 atom stereocenters. The molecule has 0 fully saturated rings. The Morgan fingerprint density at radius 3 is 0.906 bits per heavy atom. The molecule has 0 aliphatic heterocycles. The van der Waals surface area contributed by atoms with Crippen LogP contribution in [0.5, 0.6) is 0 Å². The summed E-state index contributed by atoms with van der Waals surface area (Å²) in [4.78, 5) is 0. The summed E-state index contributed by atoms with van der Waals surface area (Å²) >= 11 is 0. The largest absolute Gasteiger partial charge is 0.207 e. The first kappa shape index (κ1) is 49.4. The van der Waals surface area contributed by atoms with Crippen LogP contribution in [0.15, 0.2) is 48.5 Å². The molecule has 4 aromatic rings. The lowest BCUT2D eigenvalue weighted by molar-refractivity contribution is 0.461. The molecular weight excluding hydrogens is 685 g/mol.